The quantitative estimate of drug-likeness (QED) is 0.800. The molecular weight excluding hydrogens is 194 g/mol. The summed E-state index contributed by atoms with van der Waals surface area (Å²) in [6.07, 6.45) is 3.83. The molecule has 1 aliphatic carbocycles. The second-order valence-corrected chi connectivity index (χ2v) is 5.00. The molecule has 2 heterocycles. The molecule has 0 bridgehead atoms. The van der Waals surface area contributed by atoms with Gasteiger partial charge in [0.2, 0.25) is 0 Å². The van der Waals surface area contributed by atoms with Crippen LogP contribution in [0, 0.1) is 0 Å². The van der Waals surface area contributed by atoms with Crippen LogP contribution in [0.5, 0.6) is 0 Å². The maximum absolute atomic E-state index is 6.15. The molecule has 4 heteroatoms. The Labute approximate surface area is 87.9 Å². The second kappa shape index (κ2) is 3.29. The van der Waals surface area contributed by atoms with E-state index in [2.05, 4.69) is 15.3 Å². The van der Waals surface area contributed by atoms with Crippen molar-refractivity contribution in [2.75, 3.05) is 6.54 Å². The van der Waals surface area contributed by atoms with Crippen LogP contribution in [0.25, 0.3) is 0 Å². The zero-order valence-corrected chi connectivity index (χ0v) is 8.91. The van der Waals surface area contributed by atoms with Crippen LogP contribution in [0.2, 0.25) is 0 Å². The summed E-state index contributed by atoms with van der Waals surface area (Å²) in [6, 6.07) is 1.49. The highest BCUT2D eigenvalue weighted by Crippen LogP contribution is 2.39. The maximum Gasteiger partial charge on any atom is 0.0795 e. The normalized spacial score (nSPS) is 33.8. The summed E-state index contributed by atoms with van der Waals surface area (Å²) < 4.78 is 0. The molecule has 76 valence electrons. The summed E-state index contributed by atoms with van der Waals surface area (Å²) in [6.45, 7) is 1.16. The first kappa shape index (κ1) is 8.83. The molecule has 1 aromatic heterocycles. The van der Waals surface area contributed by atoms with Crippen LogP contribution in [0.3, 0.4) is 0 Å². The van der Waals surface area contributed by atoms with E-state index in [9.17, 15) is 0 Å². The van der Waals surface area contributed by atoms with E-state index in [4.69, 9.17) is 5.73 Å². The smallest absolute Gasteiger partial charge is 0.0795 e. The Hall–Kier alpha value is -0.450. The van der Waals surface area contributed by atoms with Gasteiger partial charge in [-0.15, -0.1) is 11.3 Å². The van der Waals surface area contributed by atoms with E-state index in [0.717, 1.165) is 19.0 Å². The van der Waals surface area contributed by atoms with Crippen molar-refractivity contribution in [1.82, 2.24) is 9.88 Å². The molecule has 0 amide bonds. The highest BCUT2D eigenvalue weighted by Gasteiger charge is 2.41. The van der Waals surface area contributed by atoms with Crippen LogP contribution in [0.15, 0.2) is 10.9 Å². The predicted octanol–water partition coefficient (Wildman–Crippen LogP) is 1.38. The molecule has 1 saturated carbocycles. The third kappa shape index (κ3) is 1.38. The van der Waals surface area contributed by atoms with Gasteiger partial charge < -0.3 is 5.73 Å². The average Bonchev–Trinajstić information content (AvgIpc) is 2.75. The van der Waals surface area contributed by atoms with Crippen molar-refractivity contribution in [2.24, 2.45) is 5.73 Å². The molecule has 1 aliphatic heterocycles. The number of hydrogen-bond acceptors (Lipinski definition) is 4. The summed E-state index contributed by atoms with van der Waals surface area (Å²) in [4.78, 5) is 6.96. The van der Waals surface area contributed by atoms with Gasteiger partial charge in [0.05, 0.1) is 17.2 Å². The van der Waals surface area contributed by atoms with Crippen LogP contribution in [-0.4, -0.2) is 28.5 Å². The lowest BCUT2D eigenvalue weighted by Gasteiger charge is -2.24. The Morgan fingerprint density at radius 3 is 2.93 bits per heavy atom. The minimum atomic E-state index is 0.290. The molecule has 3 rings (SSSR count). The predicted molar refractivity (Wildman–Crippen MR) is 57.2 cm³/mol. The molecule has 0 aromatic carbocycles. The van der Waals surface area contributed by atoms with Gasteiger partial charge in [-0.25, -0.2) is 4.98 Å². The van der Waals surface area contributed by atoms with Gasteiger partial charge in [-0.05, 0) is 19.3 Å². The van der Waals surface area contributed by atoms with E-state index < -0.39 is 0 Å². The number of nitrogens with zero attached hydrogens (tertiary/aromatic N) is 2. The van der Waals surface area contributed by atoms with Crippen LogP contribution in [0.1, 0.15) is 31.0 Å². The van der Waals surface area contributed by atoms with Crippen molar-refractivity contribution in [3.8, 4) is 0 Å². The molecule has 2 atom stereocenters. The number of hydrogen-bond donors (Lipinski definition) is 1. The van der Waals surface area contributed by atoms with E-state index in [0.29, 0.717) is 6.04 Å². The summed E-state index contributed by atoms with van der Waals surface area (Å²) in [5, 5.41) is 2.14. The summed E-state index contributed by atoms with van der Waals surface area (Å²) in [5.74, 6) is 0. The Morgan fingerprint density at radius 1 is 1.43 bits per heavy atom. The van der Waals surface area contributed by atoms with Crippen molar-refractivity contribution in [3.63, 3.8) is 0 Å². The van der Waals surface area contributed by atoms with Gasteiger partial charge in [0.1, 0.15) is 0 Å². The molecule has 3 nitrogen and oxygen atoms in total. The Kier molecular flexibility index (Phi) is 2.08. The lowest BCUT2D eigenvalue weighted by Crippen LogP contribution is -2.33. The van der Waals surface area contributed by atoms with Gasteiger partial charge in [0.25, 0.3) is 0 Å². The van der Waals surface area contributed by atoms with E-state index in [-0.39, 0.29) is 6.04 Å². The highest BCUT2D eigenvalue weighted by atomic mass is 32.1. The van der Waals surface area contributed by atoms with Gasteiger partial charge in [0.15, 0.2) is 0 Å². The topological polar surface area (TPSA) is 42.1 Å². The summed E-state index contributed by atoms with van der Waals surface area (Å²) in [7, 11) is 0. The number of likely N-dealkylation sites (tertiary alicyclic amines) is 1. The van der Waals surface area contributed by atoms with Crippen molar-refractivity contribution in [3.05, 3.63) is 16.6 Å². The van der Waals surface area contributed by atoms with Gasteiger partial charge in [-0.2, -0.15) is 0 Å². The minimum absolute atomic E-state index is 0.290. The molecule has 1 aromatic rings. The Bertz CT molecular complexity index is 307. The molecule has 2 fully saturated rings. The van der Waals surface area contributed by atoms with Crippen LogP contribution in [0.4, 0.5) is 0 Å². The zero-order valence-electron chi connectivity index (χ0n) is 8.10. The van der Waals surface area contributed by atoms with Crippen molar-refractivity contribution >= 4 is 11.3 Å². The zero-order chi connectivity index (χ0) is 9.54. The van der Waals surface area contributed by atoms with Crippen molar-refractivity contribution in [1.29, 1.82) is 0 Å². The van der Waals surface area contributed by atoms with Crippen molar-refractivity contribution in [2.45, 2.75) is 37.4 Å². The first-order chi connectivity index (χ1) is 6.86. The first-order valence-electron chi connectivity index (χ1n) is 5.25. The lowest BCUT2D eigenvalue weighted by atomic mass is 10.1. The van der Waals surface area contributed by atoms with Gasteiger partial charge >= 0.3 is 0 Å². The summed E-state index contributed by atoms with van der Waals surface area (Å²) in [5.41, 5.74) is 9.24. The van der Waals surface area contributed by atoms with E-state index in [1.54, 1.807) is 11.3 Å². The molecule has 2 unspecified atom stereocenters. The summed E-state index contributed by atoms with van der Waals surface area (Å²) >= 11 is 1.67. The third-order valence-corrected chi connectivity index (χ3v) is 3.86. The average molecular weight is 209 g/mol. The monoisotopic (exact) mass is 209 g/mol. The molecule has 0 spiro atoms. The van der Waals surface area contributed by atoms with Gasteiger partial charge in [-0.3, -0.25) is 4.90 Å². The number of nitrogens with two attached hydrogens (primary N) is 1. The standard InChI is InChI=1S/C10H15N3S/c11-8-3-4-13(7-1-2-7)10(8)9-5-14-6-12-9/h5-8,10H,1-4,11H2. The Morgan fingerprint density at radius 2 is 2.29 bits per heavy atom. The molecule has 1 saturated heterocycles. The second-order valence-electron chi connectivity index (χ2n) is 4.28. The third-order valence-electron chi connectivity index (χ3n) is 3.25. The number of aromatic nitrogens is 1. The largest absolute Gasteiger partial charge is 0.326 e. The molecule has 2 aliphatic rings. The fourth-order valence-electron chi connectivity index (χ4n) is 2.41. The fourth-order valence-corrected chi connectivity index (χ4v) is 3.00. The van der Waals surface area contributed by atoms with E-state index >= 15 is 0 Å². The van der Waals surface area contributed by atoms with E-state index in [1.807, 2.05) is 5.51 Å². The molecule has 0 radical (unpaired) electrons. The maximum atomic E-state index is 6.15. The molecule has 2 N–H and O–H groups in total. The number of thiazole rings is 1. The SMILES string of the molecule is NC1CCN(C2CC2)C1c1cscn1. The van der Waals surface area contributed by atoms with Crippen LogP contribution < -0.4 is 5.73 Å². The fraction of sp³-hybridized carbons (Fsp3) is 0.700. The highest BCUT2D eigenvalue weighted by molar-refractivity contribution is 7.07. The van der Waals surface area contributed by atoms with Crippen molar-refractivity contribution < 1.29 is 0 Å². The van der Waals surface area contributed by atoms with E-state index in [1.165, 1.54) is 18.5 Å². The van der Waals surface area contributed by atoms with Crippen LogP contribution in [-0.2, 0) is 0 Å². The minimum Gasteiger partial charge on any atom is -0.326 e. The lowest BCUT2D eigenvalue weighted by molar-refractivity contribution is 0.234. The number of rotatable bonds is 2. The van der Waals surface area contributed by atoms with Gasteiger partial charge in [-0.1, -0.05) is 0 Å². The molecular formula is C10H15N3S. The van der Waals surface area contributed by atoms with Gasteiger partial charge in [0, 0.05) is 24.0 Å². The Balaban J connectivity index is 1.86. The van der Waals surface area contributed by atoms with Crippen LogP contribution >= 0.6 is 11.3 Å². The molecule has 14 heavy (non-hydrogen) atoms. The first-order valence-corrected chi connectivity index (χ1v) is 6.20.